The Morgan fingerprint density at radius 3 is 2.21 bits per heavy atom. The monoisotopic (exact) mass is 265 g/mol. The van der Waals surface area contributed by atoms with E-state index < -0.39 is 11.7 Å². The Kier molecular flexibility index (Phi) is 4.39. The molecule has 0 radical (unpaired) electrons. The highest BCUT2D eigenvalue weighted by Gasteiger charge is 2.16. The second-order valence-corrected chi connectivity index (χ2v) is 6.43. The lowest BCUT2D eigenvalue weighted by Gasteiger charge is -2.22. The summed E-state index contributed by atoms with van der Waals surface area (Å²) in [6, 6.07) is 3.60. The summed E-state index contributed by atoms with van der Waals surface area (Å²) in [5.74, 6) is 0.466. The van der Waals surface area contributed by atoms with Crippen LogP contribution in [0.25, 0.3) is 0 Å². The van der Waals surface area contributed by atoms with Gasteiger partial charge in [-0.2, -0.15) is 0 Å². The van der Waals surface area contributed by atoms with E-state index in [-0.39, 0.29) is 5.54 Å². The summed E-state index contributed by atoms with van der Waals surface area (Å²) < 4.78 is 5.15. The molecular weight excluding hydrogens is 242 g/mol. The van der Waals surface area contributed by atoms with Crippen molar-refractivity contribution in [2.75, 3.05) is 10.6 Å². The fraction of sp³-hybridized carbons (Fsp3) is 0.571. The third-order valence-corrected chi connectivity index (χ3v) is 1.91. The molecule has 0 unspecified atom stereocenters. The summed E-state index contributed by atoms with van der Waals surface area (Å²) in [5.41, 5.74) is 0.363. The Bertz CT molecular complexity index is 427. The Labute approximate surface area is 114 Å². The predicted octanol–water partition coefficient (Wildman–Crippen LogP) is 3.64. The lowest BCUT2D eigenvalue weighted by Crippen LogP contribution is -2.27. The summed E-state index contributed by atoms with van der Waals surface area (Å²) in [6.07, 6.45) is 1.18. The number of anilines is 2. The van der Waals surface area contributed by atoms with Crippen LogP contribution in [0.15, 0.2) is 18.3 Å². The summed E-state index contributed by atoms with van der Waals surface area (Å²) in [7, 11) is 0. The molecule has 0 aliphatic rings. The highest BCUT2D eigenvalue weighted by atomic mass is 16.6. The minimum absolute atomic E-state index is 0.0260. The van der Waals surface area contributed by atoms with Crippen LogP contribution in [0.2, 0.25) is 0 Å². The second-order valence-electron chi connectivity index (χ2n) is 6.43. The number of hydrogen-bond acceptors (Lipinski definition) is 4. The van der Waals surface area contributed by atoms with Gasteiger partial charge in [-0.1, -0.05) is 0 Å². The van der Waals surface area contributed by atoms with E-state index in [4.69, 9.17) is 4.74 Å². The maximum atomic E-state index is 11.6. The number of carbonyl (C=O) groups is 1. The lowest BCUT2D eigenvalue weighted by molar-refractivity contribution is 0.0635. The van der Waals surface area contributed by atoms with Crippen LogP contribution in [0.1, 0.15) is 41.5 Å². The van der Waals surface area contributed by atoms with Crippen molar-refractivity contribution >= 4 is 17.6 Å². The van der Waals surface area contributed by atoms with Crippen molar-refractivity contribution < 1.29 is 9.53 Å². The number of hydrogen-bond donors (Lipinski definition) is 2. The maximum Gasteiger partial charge on any atom is 0.413 e. The smallest absolute Gasteiger partial charge is 0.413 e. The average molecular weight is 265 g/mol. The maximum absolute atomic E-state index is 11.6. The molecule has 19 heavy (non-hydrogen) atoms. The first-order valence-electron chi connectivity index (χ1n) is 6.29. The van der Waals surface area contributed by atoms with Gasteiger partial charge in [0.15, 0.2) is 0 Å². The van der Waals surface area contributed by atoms with Crippen LogP contribution in [-0.4, -0.2) is 22.2 Å². The number of ether oxygens (including phenoxy) is 1. The third-order valence-electron chi connectivity index (χ3n) is 1.91. The molecule has 0 aromatic carbocycles. The molecular formula is C14H23N3O2. The summed E-state index contributed by atoms with van der Waals surface area (Å²) in [6.45, 7) is 11.7. The fourth-order valence-corrected chi connectivity index (χ4v) is 1.38. The summed E-state index contributed by atoms with van der Waals surface area (Å²) in [4.78, 5) is 15.7. The van der Waals surface area contributed by atoms with Crippen LogP contribution in [-0.2, 0) is 4.74 Å². The quantitative estimate of drug-likeness (QED) is 0.857. The van der Waals surface area contributed by atoms with Crippen molar-refractivity contribution in [3.63, 3.8) is 0 Å². The Hall–Kier alpha value is -1.78. The highest BCUT2D eigenvalue weighted by molar-refractivity contribution is 5.83. The van der Waals surface area contributed by atoms with Crippen molar-refractivity contribution in [2.45, 2.75) is 52.7 Å². The van der Waals surface area contributed by atoms with Gasteiger partial charge < -0.3 is 10.1 Å². The van der Waals surface area contributed by atoms with Gasteiger partial charge in [0.1, 0.15) is 11.4 Å². The minimum atomic E-state index is -0.516. The normalized spacial score (nSPS) is 11.9. The van der Waals surface area contributed by atoms with Gasteiger partial charge >= 0.3 is 6.09 Å². The Morgan fingerprint density at radius 2 is 1.79 bits per heavy atom. The lowest BCUT2D eigenvalue weighted by atomic mass is 10.1. The molecule has 2 N–H and O–H groups in total. The number of aromatic nitrogens is 1. The number of amides is 1. The molecule has 0 atom stereocenters. The molecule has 1 aromatic heterocycles. The molecule has 0 saturated heterocycles. The van der Waals surface area contributed by atoms with Gasteiger partial charge in [-0.05, 0) is 53.7 Å². The zero-order valence-electron chi connectivity index (χ0n) is 12.5. The molecule has 5 nitrogen and oxygen atoms in total. The Balaban J connectivity index is 2.60. The van der Waals surface area contributed by atoms with Gasteiger partial charge in [-0.15, -0.1) is 0 Å². The second kappa shape index (κ2) is 5.47. The van der Waals surface area contributed by atoms with E-state index in [0.717, 1.165) is 5.69 Å². The number of nitrogens with zero attached hydrogens (tertiary/aromatic N) is 1. The van der Waals surface area contributed by atoms with Crippen LogP contribution in [0.3, 0.4) is 0 Å². The molecule has 1 aromatic rings. The van der Waals surface area contributed by atoms with Gasteiger partial charge in [0, 0.05) is 5.54 Å². The molecule has 0 saturated carbocycles. The molecule has 0 bridgehead atoms. The van der Waals surface area contributed by atoms with E-state index in [1.807, 2.05) is 26.8 Å². The molecule has 1 heterocycles. The topological polar surface area (TPSA) is 63.2 Å². The van der Waals surface area contributed by atoms with E-state index in [1.165, 1.54) is 0 Å². The van der Waals surface area contributed by atoms with Gasteiger partial charge in [0.05, 0.1) is 11.9 Å². The van der Waals surface area contributed by atoms with E-state index in [0.29, 0.717) is 5.82 Å². The van der Waals surface area contributed by atoms with Crippen LogP contribution in [0, 0.1) is 0 Å². The van der Waals surface area contributed by atoms with Crippen molar-refractivity contribution in [3.8, 4) is 0 Å². The van der Waals surface area contributed by atoms with Crippen molar-refractivity contribution in [3.05, 3.63) is 18.3 Å². The number of pyridine rings is 1. The molecule has 5 heteroatoms. The van der Waals surface area contributed by atoms with E-state index in [9.17, 15) is 4.79 Å². The highest BCUT2D eigenvalue weighted by Crippen LogP contribution is 2.16. The van der Waals surface area contributed by atoms with E-state index in [1.54, 1.807) is 12.3 Å². The van der Waals surface area contributed by atoms with Crippen molar-refractivity contribution in [1.29, 1.82) is 0 Å². The van der Waals surface area contributed by atoms with E-state index >= 15 is 0 Å². The first kappa shape index (κ1) is 15.3. The fourth-order valence-electron chi connectivity index (χ4n) is 1.38. The number of nitrogens with one attached hydrogen (secondary N) is 2. The molecule has 0 fully saturated rings. The summed E-state index contributed by atoms with van der Waals surface area (Å²) >= 11 is 0. The van der Waals surface area contributed by atoms with Gasteiger partial charge in [-0.3, -0.25) is 5.32 Å². The van der Waals surface area contributed by atoms with Crippen molar-refractivity contribution in [2.24, 2.45) is 0 Å². The SMILES string of the molecule is CC(C)(C)Nc1ccc(NC(=O)OC(C)(C)C)nc1. The number of carbonyl (C=O) groups excluding carboxylic acids is 1. The zero-order chi connectivity index (χ0) is 14.7. The van der Waals surface area contributed by atoms with Crippen LogP contribution in [0.5, 0.6) is 0 Å². The standard InChI is InChI=1S/C14H23N3O2/c1-13(2,3)17-10-7-8-11(15-9-10)16-12(18)19-14(4,5)6/h7-9,17H,1-6H3,(H,15,16,18). The van der Waals surface area contributed by atoms with Gasteiger partial charge in [0.2, 0.25) is 0 Å². The Morgan fingerprint density at radius 1 is 1.16 bits per heavy atom. The first-order valence-corrected chi connectivity index (χ1v) is 6.29. The minimum Gasteiger partial charge on any atom is -0.444 e. The van der Waals surface area contributed by atoms with Gasteiger partial charge in [-0.25, -0.2) is 9.78 Å². The molecule has 0 spiro atoms. The molecule has 0 aliphatic heterocycles. The van der Waals surface area contributed by atoms with Crippen LogP contribution >= 0.6 is 0 Å². The largest absolute Gasteiger partial charge is 0.444 e. The molecule has 1 amide bonds. The molecule has 1 rings (SSSR count). The van der Waals surface area contributed by atoms with Gasteiger partial charge in [0.25, 0.3) is 0 Å². The third kappa shape index (κ3) is 6.64. The molecule has 106 valence electrons. The van der Waals surface area contributed by atoms with Crippen LogP contribution in [0.4, 0.5) is 16.3 Å². The zero-order valence-corrected chi connectivity index (χ0v) is 12.5. The summed E-state index contributed by atoms with van der Waals surface area (Å²) in [5, 5.41) is 5.88. The van der Waals surface area contributed by atoms with E-state index in [2.05, 4.69) is 36.4 Å². The predicted molar refractivity (Wildman–Crippen MR) is 77.5 cm³/mol. The average Bonchev–Trinajstić information content (AvgIpc) is 2.15. The first-order chi connectivity index (χ1) is 8.55. The number of rotatable bonds is 2. The molecule has 0 aliphatic carbocycles. The van der Waals surface area contributed by atoms with Crippen LogP contribution < -0.4 is 10.6 Å². The van der Waals surface area contributed by atoms with Crippen molar-refractivity contribution in [1.82, 2.24) is 4.98 Å².